The minimum atomic E-state index is -0.194. The highest BCUT2D eigenvalue weighted by atomic mass is 32.1. The van der Waals surface area contributed by atoms with E-state index in [1.54, 1.807) is 11.3 Å². The molecule has 0 amide bonds. The number of thiazole rings is 1. The van der Waals surface area contributed by atoms with Crippen LogP contribution in [0.25, 0.3) is 0 Å². The van der Waals surface area contributed by atoms with E-state index in [0.717, 1.165) is 23.0 Å². The number of nitrogens with two attached hydrogens (primary N) is 1. The molecular weight excluding hydrogens is 180 g/mol. The maximum Gasteiger partial charge on any atom is 0.112 e. The third-order valence-electron chi connectivity index (χ3n) is 2.52. The van der Waals surface area contributed by atoms with Crippen LogP contribution in [0.5, 0.6) is 0 Å². The first kappa shape index (κ1) is 9.16. The molecule has 2 rings (SSSR count). The molecule has 1 heterocycles. The molecule has 1 aromatic rings. The van der Waals surface area contributed by atoms with Gasteiger partial charge in [-0.2, -0.15) is 0 Å². The highest BCUT2D eigenvalue weighted by Gasteiger charge is 2.33. The maximum atomic E-state index is 6.24. The number of aromatic nitrogens is 1. The van der Waals surface area contributed by atoms with Gasteiger partial charge in [0, 0.05) is 11.1 Å². The molecule has 1 aromatic heterocycles. The maximum absolute atomic E-state index is 6.24. The topological polar surface area (TPSA) is 38.9 Å². The van der Waals surface area contributed by atoms with Crippen LogP contribution >= 0.6 is 11.3 Å². The van der Waals surface area contributed by atoms with Crippen molar-refractivity contribution in [3.05, 3.63) is 16.1 Å². The molecule has 1 atom stereocenters. The third-order valence-corrected chi connectivity index (χ3v) is 3.76. The molecule has 72 valence electrons. The van der Waals surface area contributed by atoms with Crippen molar-refractivity contribution in [3.63, 3.8) is 0 Å². The number of hydrogen-bond donors (Lipinski definition) is 1. The predicted molar refractivity (Wildman–Crippen MR) is 55.7 cm³/mol. The van der Waals surface area contributed by atoms with E-state index in [-0.39, 0.29) is 5.54 Å². The summed E-state index contributed by atoms with van der Waals surface area (Å²) in [5, 5.41) is 3.17. The zero-order chi connectivity index (χ0) is 9.47. The summed E-state index contributed by atoms with van der Waals surface area (Å²) in [6, 6.07) is 0. The van der Waals surface area contributed by atoms with E-state index in [1.165, 1.54) is 12.8 Å². The summed E-state index contributed by atoms with van der Waals surface area (Å²) < 4.78 is 0. The molecule has 3 heteroatoms. The molecule has 0 spiro atoms. The first-order valence-corrected chi connectivity index (χ1v) is 5.67. The highest BCUT2D eigenvalue weighted by Crippen LogP contribution is 2.39. The standard InChI is InChI=1S/C10H16N2S/c1-7-6-13-9(12-7)10(2,11)5-8-3-4-8/h6,8H,3-5,11H2,1-2H3/t10-/m0/s1. The van der Waals surface area contributed by atoms with Gasteiger partial charge in [-0.05, 0) is 26.2 Å². The van der Waals surface area contributed by atoms with Crippen molar-refractivity contribution >= 4 is 11.3 Å². The Morgan fingerprint density at radius 3 is 2.85 bits per heavy atom. The van der Waals surface area contributed by atoms with E-state index >= 15 is 0 Å². The Kier molecular flexibility index (Phi) is 2.16. The van der Waals surface area contributed by atoms with Gasteiger partial charge in [-0.1, -0.05) is 12.8 Å². The Labute approximate surface area is 83.2 Å². The van der Waals surface area contributed by atoms with Crippen LogP contribution in [0.3, 0.4) is 0 Å². The number of aryl methyl sites for hydroxylation is 1. The van der Waals surface area contributed by atoms with Gasteiger partial charge < -0.3 is 5.73 Å². The molecule has 2 N–H and O–H groups in total. The van der Waals surface area contributed by atoms with E-state index in [2.05, 4.69) is 17.3 Å². The fraction of sp³-hybridized carbons (Fsp3) is 0.700. The van der Waals surface area contributed by atoms with Crippen molar-refractivity contribution < 1.29 is 0 Å². The van der Waals surface area contributed by atoms with Crippen molar-refractivity contribution in [2.24, 2.45) is 11.7 Å². The van der Waals surface area contributed by atoms with Crippen molar-refractivity contribution in [1.29, 1.82) is 0 Å². The summed E-state index contributed by atoms with van der Waals surface area (Å²) in [4.78, 5) is 4.46. The lowest BCUT2D eigenvalue weighted by molar-refractivity contribution is 0.421. The largest absolute Gasteiger partial charge is 0.320 e. The summed E-state index contributed by atoms with van der Waals surface area (Å²) in [5.74, 6) is 0.860. The second-order valence-electron chi connectivity index (χ2n) is 4.36. The van der Waals surface area contributed by atoms with Crippen LogP contribution in [0.4, 0.5) is 0 Å². The number of nitrogens with zero attached hydrogens (tertiary/aromatic N) is 1. The normalized spacial score (nSPS) is 21.5. The first-order valence-electron chi connectivity index (χ1n) is 4.79. The number of rotatable bonds is 3. The molecule has 2 nitrogen and oxygen atoms in total. The molecule has 13 heavy (non-hydrogen) atoms. The average molecular weight is 196 g/mol. The fourth-order valence-corrected chi connectivity index (χ4v) is 2.51. The van der Waals surface area contributed by atoms with Gasteiger partial charge in [0.1, 0.15) is 5.01 Å². The smallest absolute Gasteiger partial charge is 0.112 e. The summed E-state index contributed by atoms with van der Waals surface area (Å²) in [7, 11) is 0. The average Bonchev–Trinajstić information content (AvgIpc) is 2.70. The molecule has 1 aliphatic rings. The molecule has 1 fully saturated rings. The second-order valence-corrected chi connectivity index (χ2v) is 5.22. The molecule has 0 aliphatic heterocycles. The summed E-state index contributed by atoms with van der Waals surface area (Å²) in [6.45, 7) is 4.12. The Morgan fingerprint density at radius 1 is 1.69 bits per heavy atom. The van der Waals surface area contributed by atoms with Gasteiger partial charge in [0.05, 0.1) is 5.54 Å². The lowest BCUT2D eigenvalue weighted by Crippen LogP contribution is -2.33. The monoisotopic (exact) mass is 196 g/mol. The van der Waals surface area contributed by atoms with Crippen molar-refractivity contribution in [2.45, 2.75) is 38.6 Å². The molecule has 0 unspecified atom stereocenters. The van der Waals surface area contributed by atoms with Gasteiger partial charge in [-0.15, -0.1) is 11.3 Å². The van der Waals surface area contributed by atoms with E-state index < -0.39 is 0 Å². The van der Waals surface area contributed by atoms with Gasteiger partial charge in [-0.25, -0.2) is 4.98 Å². The van der Waals surface area contributed by atoms with E-state index in [0.29, 0.717) is 0 Å². The highest BCUT2D eigenvalue weighted by molar-refractivity contribution is 7.09. The van der Waals surface area contributed by atoms with Crippen molar-refractivity contribution in [1.82, 2.24) is 4.98 Å². The molecule has 0 bridgehead atoms. The van der Waals surface area contributed by atoms with Gasteiger partial charge in [0.15, 0.2) is 0 Å². The van der Waals surface area contributed by atoms with Crippen LogP contribution in [0.15, 0.2) is 5.38 Å². The predicted octanol–water partition coefficient (Wildman–Crippen LogP) is 2.43. The van der Waals surface area contributed by atoms with Crippen molar-refractivity contribution in [3.8, 4) is 0 Å². The minimum absolute atomic E-state index is 0.194. The lowest BCUT2D eigenvalue weighted by Gasteiger charge is -2.21. The molecule has 0 radical (unpaired) electrons. The van der Waals surface area contributed by atoms with Crippen LogP contribution < -0.4 is 5.73 Å². The Bertz CT molecular complexity index is 300. The second kappa shape index (κ2) is 3.07. The van der Waals surface area contributed by atoms with E-state index in [9.17, 15) is 0 Å². The SMILES string of the molecule is Cc1csc([C@@](C)(N)CC2CC2)n1. The molecule has 0 aromatic carbocycles. The minimum Gasteiger partial charge on any atom is -0.320 e. The zero-order valence-corrected chi connectivity index (χ0v) is 9.03. The van der Waals surface area contributed by atoms with Gasteiger partial charge in [-0.3, -0.25) is 0 Å². The lowest BCUT2D eigenvalue weighted by atomic mass is 9.97. The molecule has 0 saturated heterocycles. The summed E-state index contributed by atoms with van der Waals surface area (Å²) in [5.41, 5.74) is 7.14. The fourth-order valence-electron chi connectivity index (χ4n) is 1.63. The van der Waals surface area contributed by atoms with E-state index in [4.69, 9.17) is 5.73 Å². The van der Waals surface area contributed by atoms with Crippen LogP contribution in [-0.4, -0.2) is 4.98 Å². The summed E-state index contributed by atoms with van der Waals surface area (Å²) in [6.07, 6.45) is 3.81. The first-order chi connectivity index (χ1) is 6.08. The number of hydrogen-bond acceptors (Lipinski definition) is 3. The Morgan fingerprint density at radius 2 is 2.38 bits per heavy atom. The molecular formula is C10H16N2S. The third kappa shape index (κ3) is 2.09. The molecule has 1 saturated carbocycles. The zero-order valence-electron chi connectivity index (χ0n) is 8.21. The van der Waals surface area contributed by atoms with Crippen LogP contribution in [0.1, 0.15) is 36.9 Å². The van der Waals surface area contributed by atoms with Crippen LogP contribution in [0.2, 0.25) is 0 Å². The van der Waals surface area contributed by atoms with Gasteiger partial charge in [0.2, 0.25) is 0 Å². The van der Waals surface area contributed by atoms with E-state index in [1.807, 2.05) is 6.92 Å². The van der Waals surface area contributed by atoms with Crippen molar-refractivity contribution in [2.75, 3.05) is 0 Å². The quantitative estimate of drug-likeness (QED) is 0.806. The Hall–Kier alpha value is -0.410. The van der Waals surface area contributed by atoms with Crippen LogP contribution in [0, 0.1) is 12.8 Å². The summed E-state index contributed by atoms with van der Waals surface area (Å²) >= 11 is 1.69. The van der Waals surface area contributed by atoms with Gasteiger partial charge in [0.25, 0.3) is 0 Å². The Balaban J connectivity index is 2.12. The van der Waals surface area contributed by atoms with Gasteiger partial charge >= 0.3 is 0 Å². The molecule has 1 aliphatic carbocycles. The van der Waals surface area contributed by atoms with Crippen LogP contribution in [-0.2, 0) is 5.54 Å².